The molecule has 1 aromatic carbocycles. The lowest BCUT2D eigenvalue weighted by atomic mass is 9.86. The zero-order chi connectivity index (χ0) is 20.5. The Balaban J connectivity index is 1.81. The standard InChI is InChI=1S/C22H20N2O5/c1-3-11-5-6-16-12(7-11)19(25)13-9-24-17(18(13)23-16)8-15-14(20(24)26)10-29-21(27)22(15,28)4-2/h5-8,28H,3-4,9-10H2,1-2H3,(H,23,25). The lowest BCUT2D eigenvalue weighted by molar-refractivity contribution is -0.172. The minimum atomic E-state index is -1.86. The smallest absolute Gasteiger partial charge is 0.343 e. The number of carbonyl (C=O) groups excluding carboxylic acids is 1. The van der Waals surface area contributed by atoms with Crippen LogP contribution in [0.3, 0.4) is 0 Å². The van der Waals surface area contributed by atoms with Crippen LogP contribution in [0.1, 0.15) is 42.5 Å². The molecule has 7 nitrogen and oxygen atoms in total. The van der Waals surface area contributed by atoms with E-state index in [0.717, 1.165) is 12.0 Å². The third kappa shape index (κ3) is 2.25. The van der Waals surface area contributed by atoms with Crippen LogP contribution >= 0.6 is 0 Å². The van der Waals surface area contributed by atoms with Gasteiger partial charge in [-0.1, -0.05) is 19.9 Å². The summed E-state index contributed by atoms with van der Waals surface area (Å²) in [5, 5.41) is 11.5. The van der Waals surface area contributed by atoms with Gasteiger partial charge in [0.05, 0.1) is 23.5 Å². The van der Waals surface area contributed by atoms with Crippen molar-refractivity contribution in [3.05, 3.63) is 67.1 Å². The summed E-state index contributed by atoms with van der Waals surface area (Å²) in [4.78, 5) is 41.8. The molecule has 0 saturated carbocycles. The van der Waals surface area contributed by atoms with E-state index in [0.29, 0.717) is 27.9 Å². The summed E-state index contributed by atoms with van der Waals surface area (Å²) in [5.74, 6) is -0.755. The number of cyclic esters (lactones) is 1. The summed E-state index contributed by atoms with van der Waals surface area (Å²) in [6.07, 6.45) is 0.908. The van der Waals surface area contributed by atoms with E-state index in [1.165, 1.54) is 4.57 Å². The molecule has 5 rings (SSSR count). The monoisotopic (exact) mass is 392 g/mol. The van der Waals surface area contributed by atoms with Gasteiger partial charge in [-0.25, -0.2) is 4.79 Å². The van der Waals surface area contributed by atoms with Crippen molar-refractivity contribution in [3.8, 4) is 11.4 Å². The Morgan fingerprint density at radius 3 is 2.69 bits per heavy atom. The molecule has 148 valence electrons. The molecule has 0 fully saturated rings. The molecule has 0 amide bonds. The fraction of sp³-hybridized carbons (Fsp3) is 0.318. The van der Waals surface area contributed by atoms with Gasteiger partial charge in [-0.15, -0.1) is 0 Å². The molecule has 4 heterocycles. The molecular weight excluding hydrogens is 372 g/mol. The number of H-pyrrole nitrogens is 1. The number of aryl methyl sites for hydroxylation is 1. The number of benzene rings is 1. The second-order valence-corrected chi connectivity index (χ2v) is 7.64. The average Bonchev–Trinajstić information content (AvgIpc) is 3.10. The molecule has 1 unspecified atom stereocenters. The fourth-order valence-electron chi connectivity index (χ4n) is 4.39. The first-order chi connectivity index (χ1) is 13.9. The van der Waals surface area contributed by atoms with E-state index in [4.69, 9.17) is 4.74 Å². The fourth-order valence-corrected chi connectivity index (χ4v) is 4.39. The second kappa shape index (κ2) is 5.90. The summed E-state index contributed by atoms with van der Waals surface area (Å²) in [6, 6.07) is 7.36. The van der Waals surface area contributed by atoms with Gasteiger partial charge in [-0.3, -0.25) is 9.59 Å². The van der Waals surface area contributed by atoms with Gasteiger partial charge in [-0.05, 0) is 36.6 Å². The van der Waals surface area contributed by atoms with Gasteiger partial charge >= 0.3 is 5.97 Å². The largest absolute Gasteiger partial charge is 0.458 e. The minimum absolute atomic E-state index is 0.0859. The number of aromatic amines is 1. The van der Waals surface area contributed by atoms with E-state index in [-0.39, 0.29) is 41.7 Å². The van der Waals surface area contributed by atoms with Crippen LogP contribution in [0.25, 0.3) is 22.3 Å². The predicted octanol–water partition coefficient (Wildman–Crippen LogP) is 1.94. The van der Waals surface area contributed by atoms with Crippen molar-refractivity contribution in [2.75, 3.05) is 0 Å². The van der Waals surface area contributed by atoms with Gasteiger partial charge in [-0.2, -0.15) is 0 Å². The molecule has 7 heteroatoms. The Bertz CT molecular complexity index is 1330. The summed E-state index contributed by atoms with van der Waals surface area (Å²) in [5.41, 5.74) is 1.54. The Morgan fingerprint density at radius 1 is 1.17 bits per heavy atom. The van der Waals surface area contributed by atoms with Crippen molar-refractivity contribution >= 4 is 16.9 Å². The molecule has 0 saturated heterocycles. The third-order valence-corrected chi connectivity index (χ3v) is 6.19. The van der Waals surface area contributed by atoms with Crippen LogP contribution in [0.15, 0.2) is 33.9 Å². The Kier molecular flexibility index (Phi) is 3.64. The summed E-state index contributed by atoms with van der Waals surface area (Å²) in [7, 11) is 0. The molecule has 1 atom stereocenters. The molecule has 0 spiro atoms. The van der Waals surface area contributed by atoms with E-state index < -0.39 is 11.6 Å². The van der Waals surface area contributed by atoms with E-state index in [1.54, 1.807) is 13.0 Å². The van der Waals surface area contributed by atoms with Gasteiger partial charge < -0.3 is 19.4 Å². The first-order valence-electron chi connectivity index (χ1n) is 9.74. The van der Waals surface area contributed by atoms with Gasteiger partial charge in [0.25, 0.3) is 5.56 Å². The molecule has 2 aromatic heterocycles. The number of pyridine rings is 2. The van der Waals surface area contributed by atoms with Crippen LogP contribution in [0.4, 0.5) is 0 Å². The summed E-state index contributed by atoms with van der Waals surface area (Å²) >= 11 is 0. The topological polar surface area (TPSA) is 101 Å². The van der Waals surface area contributed by atoms with E-state index in [1.807, 2.05) is 25.1 Å². The molecular formula is C22H20N2O5. The lowest BCUT2D eigenvalue weighted by Crippen LogP contribution is -2.44. The van der Waals surface area contributed by atoms with Crippen LogP contribution in [-0.4, -0.2) is 20.6 Å². The Hall–Kier alpha value is -3.19. The summed E-state index contributed by atoms with van der Waals surface area (Å²) < 4.78 is 6.58. The van der Waals surface area contributed by atoms with E-state index >= 15 is 0 Å². The average molecular weight is 392 g/mol. The van der Waals surface area contributed by atoms with Gasteiger partial charge in [0.1, 0.15) is 6.61 Å². The maximum absolute atomic E-state index is 13.2. The maximum atomic E-state index is 13.2. The molecule has 0 bridgehead atoms. The van der Waals surface area contributed by atoms with Crippen LogP contribution in [0.5, 0.6) is 0 Å². The highest BCUT2D eigenvalue weighted by atomic mass is 16.6. The van der Waals surface area contributed by atoms with Crippen molar-refractivity contribution in [2.45, 2.75) is 45.4 Å². The molecule has 2 aliphatic heterocycles. The molecule has 0 radical (unpaired) electrons. The van der Waals surface area contributed by atoms with E-state index in [2.05, 4.69) is 4.98 Å². The van der Waals surface area contributed by atoms with Gasteiger partial charge in [0, 0.05) is 22.0 Å². The quantitative estimate of drug-likeness (QED) is 0.508. The highest BCUT2D eigenvalue weighted by Gasteiger charge is 2.45. The van der Waals surface area contributed by atoms with Crippen LogP contribution in [0, 0.1) is 0 Å². The molecule has 2 N–H and O–H groups in total. The zero-order valence-corrected chi connectivity index (χ0v) is 16.2. The number of hydrogen-bond acceptors (Lipinski definition) is 5. The molecule has 2 aliphatic rings. The molecule has 0 aliphatic carbocycles. The second-order valence-electron chi connectivity index (χ2n) is 7.64. The number of aliphatic hydroxyl groups is 1. The number of ether oxygens (including phenoxy) is 1. The van der Waals surface area contributed by atoms with Crippen LogP contribution in [0.2, 0.25) is 0 Å². The number of carbonyl (C=O) groups is 1. The Labute approximate surface area is 165 Å². The Morgan fingerprint density at radius 2 is 1.97 bits per heavy atom. The lowest BCUT2D eigenvalue weighted by Gasteiger charge is -2.31. The SMILES string of the molecule is CCc1ccc2[nH]c3c(c(=O)c2c1)Cn1c-3cc2c(c1=O)COC(=O)C2(O)CC. The predicted molar refractivity (Wildman–Crippen MR) is 107 cm³/mol. The van der Waals surface area contributed by atoms with Crippen LogP contribution < -0.4 is 11.0 Å². The van der Waals surface area contributed by atoms with E-state index in [9.17, 15) is 19.5 Å². The van der Waals surface area contributed by atoms with Crippen molar-refractivity contribution < 1.29 is 14.6 Å². The molecule has 29 heavy (non-hydrogen) atoms. The first kappa shape index (κ1) is 17.9. The number of rotatable bonds is 2. The number of aromatic nitrogens is 2. The number of nitrogens with zero attached hydrogens (tertiary/aromatic N) is 1. The van der Waals surface area contributed by atoms with Crippen molar-refractivity contribution in [1.29, 1.82) is 0 Å². The maximum Gasteiger partial charge on any atom is 0.343 e. The van der Waals surface area contributed by atoms with Crippen molar-refractivity contribution in [2.24, 2.45) is 0 Å². The minimum Gasteiger partial charge on any atom is -0.458 e. The van der Waals surface area contributed by atoms with Gasteiger partial charge in [0.2, 0.25) is 0 Å². The highest BCUT2D eigenvalue weighted by molar-refractivity contribution is 5.86. The third-order valence-electron chi connectivity index (χ3n) is 6.19. The van der Waals surface area contributed by atoms with Crippen molar-refractivity contribution in [1.82, 2.24) is 9.55 Å². The normalized spacial score (nSPS) is 19.6. The van der Waals surface area contributed by atoms with Gasteiger partial charge in [0.15, 0.2) is 11.0 Å². The number of fused-ring (bicyclic) bond motifs is 5. The van der Waals surface area contributed by atoms with Crippen molar-refractivity contribution in [3.63, 3.8) is 0 Å². The number of hydrogen-bond donors (Lipinski definition) is 2. The first-order valence-corrected chi connectivity index (χ1v) is 9.74. The van der Waals surface area contributed by atoms with Crippen LogP contribution in [-0.2, 0) is 34.7 Å². The number of esters is 1. The summed E-state index contributed by atoms with van der Waals surface area (Å²) in [6.45, 7) is 3.66. The zero-order valence-electron chi connectivity index (χ0n) is 16.2. The number of nitrogens with one attached hydrogen (secondary N) is 1. The molecule has 3 aromatic rings. The highest BCUT2D eigenvalue weighted by Crippen LogP contribution is 2.37.